The number of Topliss-reactive ketones (excluding diaryl/α,β-unsaturated/α-hetero) is 1. The Labute approximate surface area is 167 Å². The zero-order valence-electron chi connectivity index (χ0n) is 15.9. The highest BCUT2D eigenvalue weighted by Gasteiger charge is 2.11. The summed E-state index contributed by atoms with van der Waals surface area (Å²) in [7, 11) is 1.30. The second-order valence-electron chi connectivity index (χ2n) is 6.25. The number of ether oxygens (including phenoxy) is 1. The van der Waals surface area contributed by atoms with Gasteiger partial charge in [-0.3, -0.25) is 14.6 Å². The Hall–Kier alpha value is -4.00. The third kappa shape index (κ3) is 5.04. The molecule has 0 atom stereocenters. The lowest BCUT2D eigenvalue weighted by atomic mass is 10.1. The van der Waals surface area contributed by atoms with Crippen LogP contribution < -0.4 is 10.6 Å². The van der Waals surface area contributed by atoms with Crippen molar-refractivity contribution in [3.63, 3.8) is 0 Å². The van der Waals surface area contributed by atoms with Crippen molar-refractivity contribution in [2.45, 2.75) is 6.92 Å². The first-order valence-electron chi connectivity index (χ1n) is 8.79. The highest BCUT2D eigenvalue weighted by atomic mass is 16.5. The summed E-state index contributed by atoms with van der Waals surface area (Å²) in [6.07, 6.45) is 3.02. The lowest BCUT2D eigenvalue weighted by Gasteiger charge is -2.10. The Morgan fingerprint density at radius 3 is 2.21 bits per heavy atom. The van der Waals surface area contributed by atoms with Crippen molar-refractivity contribution in [2.24, 2.45) is 0 Å². The molecule has 29 heavy (non-hydrogen) atoms. The molecule has 0 bridgehead atoms. The number of ketones is 1. The van der Waals surface area contributed by atoms with Crippen LogP contribution in [0.4, 0.5) is 17.1 Å². The molecule has 146 valence electrons. The summed E-state index contributed by atoms with van der Waals surface area (Å²) in [5.41, 5.74) is 3.03. The van der Waals surface area contributed by atoms with Crippen LogP contribution >= 0.6 is 0 Å². The molecule has 0 spiro atoms. The molecule has 1 amide bonds. The molecule has 3 aromatic rings. The summed E-state index contributed by atoms with van der Waals surface area (Å²) in [6.45, 7) is 1.50. The summed E-state index contributed by atoms with van der Waals surface area (Å²) in [6, 6.07) is 15.2. The van der Waals surface area contributed by atoms with E-state index in [1.165, 1.54) is 26.3 Å². The molecule has 0 aliphatic rings. The van der Waals surface area contributed by atoms with Gasteiger partial charge in [0.15, 0.2) is 5.78 Å². The van der Waals surface area contributed by atoms with Gasteiger partial charge in [-0.15, -0.1) is 0 Å². The van der Waals surface area contributed by atoms with Gasteiger partial charge in [0.25, 0.3) is 5.91 Å². The number of nitrogens with zero attached hydrogens (tertiary/aromatic N) is 1. The van der Waals surface area contributed by atoms with Crippen molar-refractivity contribution in [1.82, 2.24) is 4.98 Å². The molecule has 0 unspecified atom stereocenters. The normalized spacial score (nSPS) is 10.1. The maximum absolute atomic E-state index is 12.6. The summed E-state index contributed by atoms with van der Waals surface area (Å²) in [4.78, 5) is 39.8. The van der Waals surface area contributed by atoms with Crippen LogP contribution in [-0.4, -0.2) is 29.8 Å². The van der Waals surface area contributed by atoms with Crippen LogP contribution in [0, 0.1) is 0 Å². The van der Waals surface area contributed by atoms with Crippen molar-refractivity contribution < 1.29 is 19.1 Å². The second-order valence-corrected chi connectivity index (χ2v) is 6.25. The second kappa shape index (κ2) is 8.79. The fraction of sp³-hybridized carbons (Fsp3) is 0.0909. The Bertz CT molecular complexity index is 1080. The van der Waals surface area contributed by atoms with E-state index in [2.05, 4.69) is 20.4 Å². The number of amides is 1. The smallest absolute Gasteiger partial charge is 0.337 e. The number of hydrogen-bond acceptors (Lipinski definition) is 6. The Balaban J connectivity index is 1.75. The van der Waals surface area contributed by atoms with E-state index in [0.717, 1.165) is 0 Å². The molecule has 7 heteroatoms. The van der Waals surface area contributed by atoms with Gasteiger partial charge in [0.05, 0.1) is 30.1 Å². The molecule has 0 saturated carbocycles. The highest BCUT2D eigenvalue weighted by molar-refractivity contribution is 6.05. The van der Waals surface area contributed by atoms with Crippen LogP contribution in [0.25, 0.3) is 0 Å². The van der Waals surface area contributed by atoms with Gasteiger partial charge in [-0.05, 0) is 43.3 Å². The molecular formula is C22H19N3O4. The van der Waals surface area contributed by atoms with Crippen molar-refractivity contribution >= 4 is 34.7 Å². The average molecular weight is 389 g/mol. The first kappa shape index (κ1) is 19.8. The van der Waals surface area contributed by atoms with Gasteiger partial charge >= 0.3 is 5.97 Å². The van der Waals surface area contributed by atoms with Gasteiger partial charge in [-0.1, -0.05) is 18.2 Å². The van der Waals surface area contributed by atoms with Crippen molar-refractivity contribution in [3.05, 3.63) is 83.7 Å². The Morgan fingerprint density at radius 1 is 0.828 bits per heavy atom. The van der Waals surface area contributed by atoms with E-state index in [9.17, 15) is 14.4 Å². The van der Waals surface area contributed by atoms with Crippen molar-refractivity contribution in [3.8, 4) is 0 Å². The summed E-state index contributed by atoms with van der Waals surface area (Å²) < 4.78 is 4.69. The molecule has 1 aromatic heterocycles. The van der Waals surface area contributed by atoms with Gasteiger partial charge in [0.2, 0.25) is 0 Å². The minimum Gasteiger partial charge on any atom is -0.465 e. The van der Waals surface area contributed by atoms with E-state index in [0.29, 0.717) is 33.8 Å². The number of anilines is 3. The van der Waals surface area contributed by atoms with Gasteiger partial charge in [0.1, 0.15) is 0 Å². The number of aromatic nitrogens is 1. The molecule has 2 N–H and O–H groups in total. The zero-order valence-corrected chi connectivity index (χ0v) is 15.9. The largest absolute Gasteiger partial charge is 0.465 e. The maximum Gasteiger partial charge on any atom is 0.337 e. The zero-order chi connectivity index (χ0) is 20.8. The third-order valence-corrected chi connectivity index (χ3v) is 4.10. The van der Waals surface area contributed by atoms with Crippen LogP contribution in [-0.2, 0) is 4.74 Å². The van der Waals surface area contributed by atoms with Crippen LogP contribution in [0.15, 0.2) is 67.0 Å². The molecule has 0 fully saturated rings. The monoisotopic (exact) mass is 389 g/mol. The SMILES string of the molecule is COC(=O)c1cccc(NC(=O)c2cncc(Nc3cccc(C(C)=O)c3)c2)c1. The van der Waals surface area contributed by atoms with Gasteiger partial charge in [-0.25, -0.2) is 4.79 Å². The van der Waals surface area contributed by atoms with Crippen LogP contribution in [0.5, 0.6) is 0 Å². The summed E-state index contributed by atoms with van der Waals surface area (Å²) in [5.74, 6) is -0.892. The van der Waals surface area contributed by atoms with E-state index in [1.54, 1.807) is 48.7 Å². The lowest BCUT2D eigenvalue weighted by Crippen LogP contribution is -2.13. The topological polar surface area (TPSA) is 97.4 Å². The molecule has 1 heterocycles. The standard InChI is InChI=1S/C22H19N3O4/c1-14(26)15-5-3-7-18(9-15)24-20-11-17(12-23-13-20)21(27)25-19-8-4-6-16(10-19)22(28)29-2/h3-13,24H,1-2H3,(H,25,27). The fourth-order valence-corrected chi connectivity index (χ4v) is 2.66. The van der Waals surface area contributed by atoms with E-state index in [1.807, 2.05) is 6.07 Å². The maximum atomic E-state index is 12.6. The van der Waals surface area contributed by atoms with Crippen LogP contribution in [0.3, 0.4) is 0 Å². The van der Waals surface area contributed by atoms with Gasteiger partial charge in [0, 0.05) is 23.1 Å². The summed E-state index contributed by atoms with van der Waals surface area (Å²) >= 11 is 0. The highest BCUT2D eigenvalue weighted by Crippen LogP contribution is 2.19. The van der Waals surface area contributed by atoms with Crippen molar-refractivity contribution in [2.75, 3.05) is 17.7 Å². The number of nitrogens with one attached hydrogen (secondary N) is 2. The van der Waals surface area contributed by atoms with Crippen molar-refractivity contribution in [1.29, 1.82) is 0 Å². The number of esters is 1. The lowest BCUT2D eigenvalue weighted by molar-refractivity contribution is 0.0600. The van der Waals surface area contributed by atoms with Crippen LogP contribution in [0.1, 0.15) is 38.0 Å². The van der Waals surface area contributed by atoms with Crippen LogP contribution in [0.2, 0.25) is 0 Å². The molecule has 0 aliphatic carbocycles. The van der Waals surface area contributed by atoms with E-state index >= 15 is 0 Å². The van der Waals surface area contributed by atoms with E-state index < -0.39 is 5.97 Å². The number of methoxy groups -OCH3 is 1. The van der Waals surface area contributed by atoms with Gasteiger partial charge < -0.3 is 15.4 Å². The third-order valence-electron chi connectivity index (χ3n) is 4.10. The predicted octanol–water partition coefficient (Wildman–Crippen LogP) is 4.07. The number of rotatable bonds is 6. The number of pyridine rings is 1. The Kier molecular flexibility index (Phi) is 5.99. The molecule has 0 saturated heterocycles. The van der Waals surface area contributed by atoms with E-state index in [4.69, 9.17) is 0 Å². The molecular weight excluding hydrogens is 370 g/mol. The van der Waals surface area contributed by atoms with Gasteiger partial charge in [-0.2, -0.15) is 0 Å². The number of carbonyl (C=O) groups excluding carboxylic acids is 3. The minimum atomic E-state index is -0.484. The number of benzene rings is 2. The number of carbonyl (C=O) groups is 3. The summed E-state index contributed by atoms with van der Waals surface area (Å²) in [5, 5.41) is 5.87. The minimum absolute atomic E-state index is 0.0333. The first-order valence-corrected chi connectivity index (χ1v) is 8.79. The predicted molar refractivity (Wildman–Crippen MR) is 110 cm³/mol. The average Bonchev–Trinajstić information content (AvgIpc) is 2.73. The molecule has 0 radical (unpaired) electrons. The fourth-order valence-electron chi connectivity index (χ4n) is 2.66. The Morgan fingerprint density at radius 2 is 1.48 bits per heavy atom. The quantitative estimate of drug-likeness (QED) is 0.487. The van der Waals surface area contributed by atoms with E-state index in [-0.39, 0.29) is 11.7 Å². The molecule has 7 nitrogen and oxygen atoms in total. The molecule has 3 rings (SSSR count). The first-order chi connectivity index (χ1) is 14.0. The molecule has 2 aromatic carbocycles. The number of hydrogen-bond donors (Lipinski definition) is 2. The molecule has 0 aliphatic heterocycles.